The topological polar surface area (TPSA) is 66.9 Å². The van der Waals surface area contributed by atoms with Gasteiger partial charge in [-0.2, -0.15) is 0 Å². The van der Waals surface area contributed by atoms with Gasteiger partial charge in [0.2, 0.25) is 0 Å². The quantitative estimate of drug-likeness (QED) is 0.759. The molecule has 0 bridgehead atoms. The van der Waals surface area contributed by atoms with Gasteiger partial charge >= 0.3 is 6.03 Å². The summed E-state index contributed by atoms with van der Waals surface area (Å²) in [6.07, 6.45) is 3.58. The molecular formula is C20H26N4O3. The maximum absolute atomic E-state index is 12.6. The van der Waals surface area contributed by atoms with Crippen molar-refractivity contribution in [2.24, 2.45) is 0 Å². The Balaban J connectivity index is 1.52. The van der Waals surface area contributed by atoms with Gasteiger partial charge in [0.25, 0.3) is 0 Å². The molecule has 7 nitrogen and oxygen atoms in total. The van der Waals surface area contributed by atoms with Gasteiger partial charge in [0.15, 0.2) is 0 Å². The number of piperazine rings is 1. The van der Waals surface area contributed by atoms with E-state index in [1.165, 1.54) is 0 Å². The average Bonchev–Trinajstić information content (AvgIpc) is 2.73. The largest absolute Gasteiger partial charge is 0.489 e. The van der Waals surface area contributed by atoms with Gasteiger partial charge in [0.1, 0.15) is 12.4 Å². The molecule has 1 saturated heterocycles. The maximum atomic E-state index is 12.6. The molecule has 0 spiro atoms. The summed E-state index contributed by atoms with van der Waals surface area (Å²) in [5, 5.41) is 2.97. The first-order valence-corrected chi connectivity index (χ1v) is 9.28. The fourth-order valence-electron chi connectivity index (χ4n) is 2.97. The Morgan fingerprint density at radius 1 is 1.07 bits per heavy atom. The van der Waals surface area contributed by atoms with E-state index in [2.05, 4.69) is 15.2 Å². The number of amides is 2. The number of pyridine rings is 1. The zero-order valence-corrected chi connectivity index (χ0v) is 15.6. The lowest BCUT2D eigenvalue weighted by Crippen LogP contribution is -2.50. The number of urea groups is 1. The van der Waals surface area contributed by atoms with Gasteiger partial charge in [-0.25, -0.2) is 4.79 Å². The third-order valence-corrected chi connectivity index (χ3v) is 4.41. The first-order chi connectivity index (χ1) is 13.3. The summed E-state index contributed by atoms with van der Waals surface area (Å²) in [7, 11) is 0. The Morgan fingerprint density at radius 2 is 1.81 bits per heavy atom. The van der Waals surface area contributed by atoms with Crippen LogP contribution in [0, 0.1) is 0 Å². The summed E-state index contributed by atoms with van der Waals surface area (Å²) in [6, 6.07) is 11.3. The predicted molar refractivity (Wildman–Crippen MR) is 105 cm³/mol. The number of hydrogen-bond acceptors (Lipinski definition) is 5. The van der Waals surface area contributed by atoms with Crippen LogP contribution in [0.3, 0.4) is 0 Å². The predicted octanol–water partition coefficient (Wildman–Crippen LogP) is 2.85. The van der Waals surface area contributed by atoms with Gasteiger partial charge in [-0.1, -0.05) is 12.1 Å². The summed E-state index contributed by atoms with van der Waals surface area (Å²) >= 11 is 0. The molecule has 3 rings (SSSR count). The molecule has 27 heavy (non-hydrogen) atoms. The molecule has 144 valence electrons. The third kappa shape index (κ3) is 5.34. The second-order valence-electron chi connectivity index (χ2n) is 6.15. The van der Waals surface area contributed by atoms with Crippen LogP contribution in [0.5, 0.6) is 5.75 Å². The minimum atomic E-state index is -0.106. The molecule has 1 aliphatic rings. The number of anilines is 2. The van der Waals surface area contributed by atoms with Crippen LogP contribution >= 0.6 is 0 Å². The number of carbonyl (C=O) groups excluding carboxylic acids is 1. The molecule has 0 atom stereocenters. The molecule has 1 aliphatic heterocycles. The second kappa shape index (κ2) is 9.78. The lowest BCUT2D eigenvalue weighted by Gasteiger charge is -2.36. The van der Waals surface area contributed by atoms with Gasteiger partial charge < -0.3 is 24.6 Å². The number of rotatable bonds is 7. The van der Waals surface area contributed by atoms with E-state index in [1.807, 2.05) is 48.2 Å². The molecule has 1 N–H and O–H groups in total. The van der Waals surface area contributed by atoms with Crippen molar-refractivity contribution in [3.8, 4) is 5.75 Å². The fourth-order valence-corrected chi connectivity index (χ4v) is 2.97. The lowest BCUT2D eigenvalue weighted by molar-refractivity contribution is 0.110. The molecule has 1 aromatic heterocycles. The van der Waals surface area contributed by atoms with E-state index in [0.717, 1.165) is 18.8 Å². The minimum Gasteiger partial charge on any atom is -0.489 e. The normalized spacial score (nSPS) is 14.1. The van der Waals surface area contributed by atoms with Gasteiger partial charge in [-0.05, 0) is 31.2 Å². The Kier molecular flexibility index (Phi) is 6.87. The Bertz CT molecular complexity index is 718. The van der Waals surface area contributed by atoms with Crippen molar-refractivity contribution in [2.45, 2.75) is 6.92 Å². The number of ether oxygens (including phenoxy) is 2. The van der Waals surface area contributed by atoms with Crippen LogP contribution in [-0.4, -0.2) is 61.9 Å². The van der Waals surface area contributed by atoms with Crippen LogP contribution in [0.1, 0.15) is 6.92 Å². The number of nitrogens with zero attached hydrogens (tertiary/aromatic N) is 3. The van der Waals surface area contributed by atoms with E-state index < -0.39 is 0 Å². The lowest BCUT2D eigenvalue weighted by atomic mass is 10.2. The second-order valence-corrected chi connectivity index (χ2v) is 6.15. The van der Waals surface area contributed by atoms with Crippen molar-refractivity contribution in [3.05, 3.63) is 48.8 Å². The molecule has 0 aliphatic carbocycles. The molecule has 0 unspecified atom stereocenters. The van der Waals surface area contributed by atoms with Crippen molar-refractivity contribution >= 4 is 17.4 Å². The maximum Gasteiger partial charge on any atom is 0.322 e. The summed E-state index contributed by atoms with van der Waals surface area (Å²) in [5.74, 6) is 0.654. The van der Waals surface area contributed by atoms with Crippen molar-refractivity contribution in [3.63, 3.8) is 0 Å². The summed E-state index contributed by atoms with van der Waals surface area (Å²) in [4.78, 5) is 20.8. The molecule has 1 aromatic carbocycles. The van der Waals surface area contributed by atoms with Crippen molar-refractivity contribution in [2.75, 3.05) is 56.2 Å². The highest BCUT2D eigenvalue weighted by Gasteiger charge is 2.22. The highest BCUT2D eigenvalue weighted by atomic mass is 16.5. The number of para-hydroxylation sites is 2. The van der Waals surface area contributed by atoms with Gasteiger partial charge in [-0.15, -0.1) is 0 Å². The molecule has 2 heterocycles. The van der Waals surface area contributed by atoms with E-state index in [-0.39, 0.29) is 6.03 Å². The van der Waals surface area contributed by atoms with Crippen LogP contribution in [0.4, 0.5) is 16.2 Å². The van der Waals surface area contributed by atoms with Crippen molar-refractivity contribution in [1.29, 1.82) is 0 Å². The number of hydrogen-bond donors (Lipinski definition) is 1. The average molecular weight is 370 g/mol. The fraction of sp³-hybridized carbons (Fsp3) is 0.400. The standard InChI is InChI=1S/C20H26N4O3/c1-2-26-15-16-27-19-6-4-3-5-18(19)22-20(25)24-13-11-23(12-14-24)17-7-9-21-10-8-17/h3-10H,2,11-16H2,1H3,(H,22,25). The molecule has 0 saturated carbocycles. The van der Waals surface area contributed by atoms with E-state index in [4.69, 9.17) is 9.47 Å². The van der Waals surface area contributed by atoms with Gasteiger partial charge in [-0.3, -0.25) is 4.98 Å². The molecular weight excluding hydrogens is 344 g/mol. The molecule has 1 fully saturated rings. The van der Waals surface area contributed by atoms with E-state index in [1.54, 1.807) is 12.4 Å². The Labute approximate surface area is 159 Å². The number of benzene rings is 1. The highest BCUT2D eigenvalue weighted by Crippen LogP contribution is 2.24. The zero-order valence-electron chi connectivity index (χ0n) is 15.6. The molecule has 7 heteroatoms. The van der Waals surface area contributed by atoms with Crippen LogP contribution in [-0.2, 0) is 4.74 Å². The van der Waals surface area contributed by atoms with Crippen LogP contribution in [0.15, 0.2) is 48.8 Å². The van der Waals surface area contributed by atoms with Crippen LogP contribution < -0.4 is 15.0 Å². The molecule has 0 radical (unpaired) electrons. The van der Waals surface area contributed by atoms with Gasteiger partial charge in [0, 0.05) is 50.9 Å². The smallest absolute Gasteiger partial charge is 0.322 e. The number of nitrogens with one attached hydrogen (secondary N) is 1. The third-order valence-electron chi connectivity index (χ3n) is 4.41. The SMILES string of the molecule is CCOCCOc1ccccc1NC(=O)N1CCN(c2ccncc2)CC1. The highest BCUT2D eigenvalue weighted by molar-refractivity contribution is 5.91. The molecule has 2 amide bonds. The molecule has 2 aromatic rings. The first kappa shape index (κ1) is 19.0. The summed E-state index contributed by atoms with van der Waals surface area (Å²) in [5.41, 5.74) is 1.81. The monoisotopic (exact) mass is 370 g/mol. The van der Waals surface area contributed by atoms with E-state index in [0.29, 0.717) is 44.3 Å². The van der Waals surface area contributed by atoms with Crippen LogP contribution in [0.2, 0.25) is 0 Å². The Morgan fingerprint density at radius 3 is 2.56 bits per heavy atom. The van der Waals surface area contributed by atoms with E-state index >= 15 is 0 Å². The zero-order chi connectivity index (χ0) is 18.9. The number of aromatic nitrogens is 1. The van der Waals surface area contributed by atoms with Crippen molar-refractivity contribution in [1.82, 2.24) is 9.88 Å². The van der Waals surface area contributed by atoms with Crippen LogP contribution in [0.25, 0.3) is 0 Å². The van der Waals surface area contributed by atoms with E-state index in [9.17, 15) is 4.79 Å². The first-order valence-electron chi connectivity index (χ1n) is 9.28. The number of carbonyl (C=O) groups is 1. The summed E-state index contributed by atoms with van der Waals surface area (Å²) in [6.45, 7) is 6.51. The summed E-state index contributed by atoms with van der Waals surface area (Å²) < 4.78 is 11.0. The van der Waals surface area contributed by atoms with Gasteiger partial charge in [0.05, 0.1) is 12.3 Å². The Hall–Kier alpha value is -2.80. The van der Waals surface area contributed by atoms with Crippen molar-refractivity contribution < 1.29 is 14.3 Å². The minimum absolute atomic E-state index is 0.106.